The highest BCUT2D eigenvalue weighted by Crippen LogP contribution is 2.21. The molecule has 0 saturated carbocycles. The van der Waals surface area contributed by atoms with Crippen molar-refractivity contribution < 1.29 is 9.59 Å². The summed E-state index contributed by atoms with van der Waals surface area (Å²) in [6.45, 7) is 3.94. The van der Waals surface area contributed by atoms with E-state index in [4.69, 9.17) is 11.6 Å². The number of aryl methyl sites for hydroxylation is 1. The van der Waals surface area contributed by atoms with Gasteiger partial charge in [0, 0.05) is 24.8 Å². The van der Waals surface area contributed by atoms with E-state index in [0.29, 0.717) is 22.8 Å². The van der Waals surface area contributed by atoms with E-state index >= 15 is 0 Å². The molecule has 2 rings (SSSR count). The summed E-state index contributed by atoms with van der Waals surface area (Å²) in [5, 5.41) is 9.91. The lowest BCUT2D eigenvalue weighted by Crippen LogP contribution is -2.25. The highest BCUT2D eigenvalue weighted by atomic mass is 35.5. The fourth-order valence-corrected chi connectivity index (χ4v) is 2.11. The Morgan fingerprint density at radius 2 is 2.04 bits per heavy atom. The number of carbonyl (C=O) groups is 2. The van der Waals surface area contributed by atoms with Crippen molar-refractivity contribution in [3.63, 3.8) is 0 Å². The van der Waals surface area contributed by atoms with Gasteiger partial charge in [-0.3, -0.25) is 14.3 Å². The Hall–Kier alpha value is -2.34. The zero-order valence-corrected chi connectivity index (χ0v) is 14.0. The lowest BCUT2D eigenvalue weighted by Gasteiger charge is -2.11. The van der Waals surface area contributed by atoms with Crippen LogP contribution in [0.5, 0.6) is 0 Å². The minimum Gasteiger partial charge on any atom is -0.346 e. The van der Waals surface area contributed by atoms with Crippen molar-refractivity contribution in [2.75, 3.05) is 5.32 Å². The van der Waals surface area contributed by atoms with E-state index < -0.39 is 0 Å². The van der Waals surface area contributed by atoms with Crippen LogP contribution in [-0.2, 0) is 18.4 Å². The molecule has 1 aromatic carbocycles. The number of hydrogen-bond acceptors (Lipinski definition) is 3. The number of nitrogens with one attached hydrogen (secondary N) is 2. The van der Waals surface area contributed by atoms with Crippen molar-refractivity contribution in [3.05, 3.63) is 46.7 Å². The quantitative estimate of drug-likeness (QED) is 0.882. The van der Waals surface area contributed by atoms with Crippen LogP contribution in [0.25, 0.3) is 0 Å². The van der Waals surface area contributed by atoms with Crippen LogP contribution in [-0.4, -0.2) is 21.6 Å². The summed E-state index contributed by atoms with van der Waals surface area (Å²) in [5.41, 5.74) is 1.73. The Bertz CT molecular complexity index is 725. The predicted molar refractivity (Wildman–Crippen MR) is 89.3 cm³/mol. The number of benzene rings is 1. The van der Waals surface area contributed by atoms with E-state index in [2.05, 4.69) is 15.7 Å². The molecule has 0 unspecified atom stereocenters. The van der Waals surface area contributed by atoms with Gasteiger partial charge in [0.1, 0.15) is 0 Å². The summed E-state index contributed by atoms with van der Waals surface area (Å²) in [4.78, 5) is 24.0. The summed E-state index contributed by atoms with van der Waals surface area (Å²) < 4.78 is 1.68. The maximum Gasteiger partial charge on any atom is 0.253 e. The van der Waals surface area contributed by atoms with Crippen LogP contribution in [0.4, 0.5) is 5.69 Å². The van der Waals surface area contributed by atoms with Gasteiger partial charge >= 0.3 is 0 Å². The predicted octanol–water partition coefficient (Wildman–Crippen LogP) is 2.60. The van der Waals surface area contributed by atoms with E-state index in [9.17, 15) is 9.59 Å². The molecule has 0 aliphatic rings. The molecule has 0 aliphatic carbocycles. The number of nitrogens with zero attached hydrogens (tertiary/aromatic N) is 2. The summed E-state index contributed by atoms with van der Waals surface area (Å²) in [6, 6.07) is 6.65. The first-order valence-corrected chi connectivity index (χ1v) is 7.61. The van der Waals surface area contributed by atoms with Crippen LogP contribution in [0.3, 0.4) is 0 Å². The number of halogens is 1. The summed E-state index contributed by atoms with van der Waals surface area (Å²) >= 11 is 6.09. The molecule has 6 nitrogen and oxygen atoms in total. The number of rotatable bonds is 5. The fraction of sp³-hybridized carbons (Fsp3) is 0.312. The van der Waals surface area contributed by atoms with Gasteiger partial charge in [-0.2, -0.15) is 5.10 Å². The molecule has 0 aliphatic heterocycles. The highest BCUT2D eigenvalue weighted by Gasteiger charge is 2.14. The van der Waals surface area contributed by atoms with E-state index in [-0.39, 0.29) is 17.7 Å². The Kier molecular flexibility index (Phi) is 5.39. The first-order chi connectivity index (χ1) is 10.9. The smallest absolute Gasteiger partial charge is 0.253 e. The molecule has 0 bridgehead atoms. The molecule has 2 aromatic rings. The standard InChI is InChI=1S/C16H19ClN4O2/c1-10(2)15(22)20-11-4-5-14(17)13(8-11)16(23)18-9-12-6-7-19-21(12)3/h4-8,10H,9H2,1-3H3,(H,18,23)(H,20,22). The van der Waals surface area contributed by atoms with Crippen LogP contribution in [0, 0.1) is 5.92 Å². The number of amides is 2. The molecule has 122 valence electrons. The Morgan fingerprint density at radius 3 is 2.65 bits per heavy atom. The van der Waals surface area contributed by atoms with Gasteiger partial charge in [-0.1, -0.05) is 25.4 Å². The molecular formula is C16H19ClN4O2. The molecule has 2 amide bonds. The number of anilines is 1. The van der Waals surface area contributed by atoms with Crippen LogP contribution >= 0.6 is 11.6 Å². The molecule has 1 aromatic heterocycles. The van der Waals surface area contributed by atoms with Crippen molar-refractivity contribution in [1.29, 1.82) is 0 Å². The second-order valence-corrected chi connectivity index (χ2v) is 5.87. The van der Waals surface area contributed by atoms with Crippen LogP contribution < -0.4 is 10.6 Å². The number of hydrogen-bond donors (Lipinski definition) is 2. The van der Waals surface area contributed by atoms with Gasteiger partial charge in [0.25, 0.3) is 5.91 Å². The zero-order valence-electron chi connectivity index (χ0n) is 13.3. The molecule has 2 N–H and O–H groups in total. The second-order valence-electron chi connectivity index (χ2n) is 5.47. The van der Waals surface area contributed by atoms with Gasteiger partial charge in [-0.05, 0) is 24.3 Å². The first-order valence-electron chi connectivity index (χ1n) is 7.24. The molecular weight excluding hydrogens is 316 g/mol. The molecule has 0 radical (unpaired) electrons. The minimum atomic E-state index is -0.308. The van der Waals surface area contributed by atoms with Gasteiger partial charge in [-0.25, -0.2) is 0 Å². The Balaban J connectivity index is 2.10. The first kappa shape index (κ1) is 17.0. The van der Waals surface area contributed by atoms with E-state index in [1.165, 1.54) is 0 Å². The molecule has 0 fully saturated rings. The topological polar surface area (TPSA) is 76.0 Å². The van der Waals surface area contributed by atoms with Gasteiger partial charge < -0.3 is 10.6 Å². The fourth-order valence-electron chi connectivity index (χ4n) is 1.90. The normalized spacial score (nSPS) is 10.7. The van der Waals surface area contributed by atoms with Crippen molar-refractivity contribution in [2.24, 2.45) is 13.0 Å². The lowest BCUT2D eigenvalue weighted by atomic mass is 10.1. The van der Waals surface area contributed by atoms with Crippen molar-refractivity contribution in [1.82, 2.24) is 15.1 Å². The zero-order chi connectivity index (χ0) is 17.0. The van der Waals surface area contributed by atoms with Crippen LogP contribution in [0.1, 0.15) is 29.9 Å². The van der Waals surface area contributed by atoms with Gasteiger partial charge in [0.15, 0.2) is 0 Å². The minimum absolute atomic E-state index is 0.117. The SMILES string of the molecule is CC(C)C(=O)Nc1ccc(Cl)c(C(=O)NCc2ccnn2C)c1. The van der Waals surface area contributed by atoms with Crippen molar-refractivity contribution in [3.8, 4) is 0 Å². The monoisotopic (exact) mass is 334 g/mol. The lowest BCUT2D eigenvalue weighted by molar-refractivity contribution is -0.118. The summed E-state index contributed by atoms with van der Waals surface area (Å²) in [5.74, 6) is -0.571. The molecule has 0 spiro atoms. The van der Waals surface area contributed by atoms with Gasteiger partial charge in [0.05, 0.1) is 22.8 Å². The van der Waals surface area contributed by atoms with Gasteiger partial charge in [0.2, 0.25) is 5.91 Å². The molecule has 23 heavy (non-hydrogen) atoms. The van der Waals surface area contributed by atoms with E-state index in [0.717, 1.165) is 5.69 Å². The number of carbonyl (C=O) groups excluding carboxylic acids is 2. The van der Waals surface area contributed by atoms with Crippen LogP contribution in [0.15, 0.2) is 30.5 Å². The average Bonchev–Trinajstić information content (AvgIpc) is 2.91. The highest BCUT2D eigenvalue weighted by molar-refractivity contribution is 6.34. The maximum atomic E-state index is 12.3. The van der Waals surface area contributed by atoms with Crippen LogP contribution in [0.2, 0.25) is 5.02 Å². The molecule has 7 heteroatoms. The molecule has 0 atom stereocenters. The summed E-state index contributed by atoms with van der Waals surface area (Å²) in [7, 11) is 1.80. The summed E-state index contributed by atoms with van der Waals surface area (Å²) in [6.07, 6.45) is 1.66. The number of aromatic nitrogens is 2. The van der Waals surface area contributed by atoms with Gasteiger partial charge in [-0.15, -0.1) is 0 Å². The largest absolute Gasteiger partial charge is 0.346 e. The molecule has 0 saturated heterocycles. The molecule has 1 heterocycles. The average molecular weight is 335 g/mol. The third-order valence-corrected chi connectivity index (χ3v) is 3.69. The van der Waals surface area contributed by atoms with E-state index in [1.54, 1.807) is 50.0 Å². The van der Waals surface area contributed by atoms with Crippen molar-refractivity contribution >= 4 is 29.1 Å². The third kappa shape index (κ3) is 4.32. The Labute approximate surface area is 139 Å². The second kappa shape index (κ2) is 7.28. The van der Waals surface area contributed by atoms with Crippen molar-refractivity contribution in [2.45, 2.75) is 20.4 Å². The third-order valence-electron chi connectivity index (χ3n) is 3.36. The van der Waals surface area contributed by atoms with E-state index in [1.807, 2.05) is 6.07 Å². The Morgan fingerprint density at radius 1 is 1.30 bits per heavy atom. The maximum absolute atomic E-state index is 12.3.